The Kier molecular flexibility index (Phi) is 7.64. The average Bonchev–Trinajstić information content (AvgIpc) is 3.40. The van der Waals surface area contributed by atoms with E-state index in [1.54, 1.807) is 4.90 Å². The molecule has 0 bridgehead atoms. The van der Waals surface area contributed by atoms with Crippen molar-refractivity contribution in [1.29, 1.82) is 0 Å². The van der Waals surface area contributed by atoms with Crippen molar-refractivity contribution in [3.63, 3.8) is 0 Å². The Labute approximate surface area is 239 Å². The van der Waals surface area contributed by atoms with Gasteiger partial charge in [0.2, 0.25) is 5.91 Å². The maximum absolute atomic E-state index is 16.6. The van der Waals surface area contributed by atoms with Crippen LogP contribution in [0.2, 0.25) is 0 Å². The molecule has 1 aromatic heterocycles. The van der Waals surface area contributed by atoms with Crippen LogP contribution in [0.5, 0.6) is 6.01 Å². The lowest BCUT2D eigenvalue weighted by Gasteiger charge is -2.40. The zero-order valence-electron chi connectivity index (χ0n) is 23.8. The molecule has 0 N–H and O–H groups in total. The molecule has 3 aromatic rings. The first kappa shape index (κ1) is 27.6. The number of aromatic nitrogens is 2. The SMILES string of the molecule is C=CC(=O)N1CCN(c2nc(OC[C@@H]3CCCN3C)nc3c(F)c(-c4cccc5c4CCCC5)c(F)cc23)[C@@H](C)C1. The van der Waals surface area contributed by atoms with Crippen LogP contribution >= 0.6 is 0 Å². The van der Waals surface area contributed by atoms with E-state index in [-0.39, 0.29) is 35.1 Å². The standard InChI is InChI=1S/C32H37F2N5O2/c1-4-27(40)38-15-16-39(20(2)18-38)31-25-17-26(33)28(24-13-7-10-21-9-5-6-12-23(21)24)29(34)30(25)35-32(36-31)41-19-22-11-8-14-37(22)3/h4,7,10,13,17,20,22H,1,5-6,8-9,11-12,14-16,18-19H2,2-3H3/t20-,22-/m0/s1. The van der Waals surface area contributed by atoms with E-state index in [4.69, 9.17) is 9.72 Å². The van der Waals surface area contributed by atoms with Crippen molar-refractivity contribution in [2.24, 2.45) is 0 Å². The summed E-state index contributed by atoms with van der Waals surface area (Å²) in [6, 6.07) is 7.28. The van der Waals surface area contributed by atoms with Gasteiger partial charge in [0.15, 0.2) is 5.82 Å². The summed E-state index contributed by atoms with van der Waals surface area (Å²) < 4.78 is 38.6. The predicted molar refractivity (Wildman–Crippen MR) is 156 cm³/mol. The highest BCUT2D eigenvalue weighted by atomic mass is 19.1. The number of halogens is 2. The molecule has 2 saturated heterocycles. The molecule has 6 rings (SSSR count). The fourth-order valence-electron chi connectivity index (χ4n) is 6.67. The molecule has 41 heavy (non-hydrogen) atoms. The van der Waals surface area contributed by atoms with E-state index in [0.717, 1.165) is 56.2 Å². The number of carbonyl (C=O) groups excluding carboxylic acids is 1. The fraction of sp³-hybridized carbons (Fsp3) is 0.469. The number of hydrogen-bond donors (Lipinski definition) is 0. The smallest absolute Gasteiger partial charge is 0.319 e. The van der Waals surface area contributed by atoms with Crippen LogP contribution in [0.1, 0.15) is 43.7 Å². The summed E-state index contributed by atoms with van der Waals surface area (Å²) in [6.45, 7) is 8.31. The summed E-state index contributed by atoms with van der Waals surface area (Å²) in [4.78, 5) is 27.5. The van der Waals surface area contributed by atoms with E-state index in [9.17, 15) is 4.79 Å². The Balaban J connectivity index is 1.46. The van der Waals surface area contributed by atoms with Gasteiger partial charge in [-0.1, -0.05) is 24.8 Å². The minimum Gasteiger partial charge on any atom is -0.462 e. The van der Waals surface area contributed by atoms with Crippen LogP contribution in [-0.2, 0) is 17.6 Å². The number of likely N-dealkylation sites (tertiary alicyclic amines) is 1. The van der Waals surface area contributed by atoms with Crippen molar-refractivity contribution in [2.45, 2.75) is 57.5 Å². The van der Waals surface area contributed by atoms with Gasteiger partial charge < -0.3 is 19.4 Å². The summed E-state index contributed by atoms with van der Waals surface area (Å²) >= 11 is 0. The quantitative estimate of drug-likeness (QED) is 0.388. The largest absolute Gasteiger partial charge is 0.462 e. The second-order valence-electron chi connectivity index (χ2n) is 11.5. The van der Waals surface area contributed by atoms with Gasteiger partial charge in [0.25, 0.3) is 0 Å². The van der Waals surface area contributed by atoms with Gasteiger partial charge in [-0.05, 0) is 87.9 Å². The Morgan fingerprint density at radius 3 is 2.73 bits per heavy atom. The monoisotopic (exact) mass is 561 g/mol. The van der Waals surface area contributed by atoms with Crippen LogP contribution in [0.3, 0.4) is 0 Å². The van der Waals surface area contributed by atoms with Crippen molar-refractivity contribution < 1.29 is 18.3 Å². The first-order chi connectivity index (χ1) is 19.9. The third-order valence-corrected chi connectivity index (χ3v) is 8.97. The number of nitrogens with zero attached hydrogens (tertiary/aromatic N) is 5. The third kappa shape index (κ3) is 5.16. The predicted octanol–water partition coefficient (Wildman–Crippen LogP) is 5.15. The van der Waals surface area contributed by atoms with Crippen molar-refractivity contribution in [1.82, 2.24) is 19.8 Å². The highest BCUT2D eigenvalue weighted by molar-refractivity contribution is 5.94. The Morgan fingerprint density at radius 2 is 1.98 bits per heavy atom. The minimum atomic E-state index is -0.696. The molecule has 0 radical (unpaired) electrons. The van der Waals surface area contributed by atoms with Gasteiger partial charge in [-0.15, -0.1) is 0 Å². The number of rotatable bonds is 6. The molecule has 3 heterocycles. The summed E-state index contributed by atoms with van der Waals surface area (Å²) in [6.07, 6.45) is 7.21. The van der Waals surface area contributed by atoms with Crippen LogP contribution in [0.4, 0.5) is 14.6 Å². The second kappa shape index (κ2) is 11.4. The average molecular weight is 562 g/mol. The van der Waals surface area contributed by atoms with Crippen molar-refractivity contribution in [3.05, 3.63) is 59.7 Å². The van der Waals surface area contributed by atoms with E-state index in [1.165, 1.54) is 12.1 Å². The number of ether oxygens (including phenoxy) is 1. The Morgan fingerprint density at radius 1 is 1.15 bits per heavy atom. The van der Waals surface area contributed by atoms with Crippen LogP contribution in [0, 0.1) is 11.6 Å². The number of amides is 1. The van der Waals surface area contributed by atoms with E-state index < -0.39 is 11.6 Å². The molecule has 0 unspecified atom stereocenters. The molecular formula is C32H37F2N5O2. The lowest BCUT2D eigenvalue weighted by Crippen LogP contribution is -2.53. The molecule has 2 aromatic carbocycles. The molecule has 1 amide bonds. The summed E-state index contributed by atoms with van der Waals surface area (Å²) in [5, 5.41) is 0.300. The molecule has 2 atom stereocenters. The molecule has 216 valence electrons. The van der Waals surface area contributed by atoms with Crippen molar-refractivity contribution in [3.8, 4) is 17.1 Å². The zero-order valence-corrected chi connectivity index (χ0v) is 23.8. The number of anilines is 1. The van der Waals surface area contributed by atoms with E-state index in [2.05, 4.69) is 29.6 Å². The van der Waals surface area contributed by atoms with Gasteiger partial charge in [-0.2, -0.15) is 9.97 Å². The number of benzene rings is 2. The maximum Gasteiger partial charge on any atom is 0.319 e. The molecular weight excluding hydrogens is 524 g/mol. The molecule has 1 aliphatic carbocycles. The number of piperazine rings is 1. The molecule has 3 aliphatic rings. The molecule has 9 heteroatoms. The number of carbonyl (C=O) groups is 1. The maximum atomic E-state index is 16.6. The normalized spacial score (nSPS) is 21.3. The Bertz CT molecular complexity index is 1490. The fourth-order valence-corrected chi connectivity index (χ4v) is 6.67. The van der Waals surface area contributed by atoms with E-state index in [0.29, 0.717) is 43.0 Å². The minimum absolute atomic E-state index is 0.0446. The van der Waals surface area contributed by atoms with Gasteiger partial charge in [0.1, 0.15) is 23.8 Å². The van der Waals surface area contributed by atoms with Crippen molar-refractivity contribution in [2.75, 3.05) is 44.7 Å². The first-order valence-electron chi connectivity index (χ1n) is 14.7. The number of aryl methyl sites for hydroxylation is 1. The van der Waals surface area contributed by atoms with Gasteiger partial charge in [-0.25, -0.2) is 8.78 Å². The lowest BCUT2D eigenvalue weighted by atomic mass is 9.85. The van der Waals surface area contributed by atoms with Crippen LogP contribution in [0.15, 0.2) is 36.9 Å². The summed E-state index contributed by atoms with van der Waals surface area (Å²) in [5.41, 5.74) is 2.77. The van der Waals surface area contributed by atoms with Gasteiger partial charge in [0.05, 0.1) is 5.56 Å². The number of hydrogen-bond acceptors (Lipinski definition) is 6. The summed E-state index contributed by atoms with van der Waals surface area (Å²) in [7, 11) is 2.06. The third-order valence-electron chi connectivity index (χ3n) is 8.97. The highest BCUT2D eigenvalue weighted by Crippen LogP contribution is 2.39. The molecule has 0 saturated carbocycles. The van der Waals surface area contributed by atoms with Crippen LogP contribution in [-0.4, -0.2) is 77.6 Å². The summed E-state index contributed by atoms with van der Waals surface area (Å²) in [5.74, 6) is -1.05. The molecule has 2 fully saturated rings. The first-order valence-corrected chi connectivity index (χ1v) is 14.7. The van der Waals surface area contributed by atoms with E-state index in [1.807, 2.05) is 24.0 Å². The number of fused-ring (bicyclic) bond motifs is 2. The van der Waals surface area contributed by atoms with E-state index >= 15 is 8.78 Å². The van der Waals surface area contributed by atoms with Crippen LogP contribution < -0.4 is 9.64 Å². The molecule has 7 nitrogen and oxygen atoms in total. The second-order valence-corrected chi connectivity index (χ2v) is 11.5. The zero-order chi connectivity index (χ0) is 28.7. The van der Waals surface area contributed by atoms with Gasteiger partial charge >= 0.3 is 6.01 Å². The highest BCUT2D eigenvalue weighted by Gasteiger charge is 2.31. The lowest BCUT2D eigenvalue weighted by molar-refractivity contribution is -0.126. The Hall–Kier alpha value is -3.59. The van der Waals surface area contributed by atoms with Crippen molar-refractivity contribution >= 4 is 22.6 Å². The molecule has 2 aliphatic heterocycles. The molecule has 0 spiro atoms. The van der Waals surface area contributed by atoms with Gasteiger partial charge in [0, 0.05) is 37.1 Å². The number of likely N-dealkylation sites (N-methyl/N-ethyl adjacent to an activating group) is 1. The van der Waals surface area contributed by atoms with Gasteiger partial charge in [-0.3, -0.25) is 4.79 Å². The topological polar surface area (TPSA) is 61.8 Å². The van der Waals surface area contributed by atoms with Crippen LogP contribution in [0.25, 0.3) is 22.0 Å².